The van der Waals surface area contributed by atoms with Crippen LogP contribution in [0, 0.1) is 11.6 Å². The predicted octanol–water partition coefficient (Wildman–Crippen LogP) is 3.42. The molecule has 1 aliphatic rings. The van der Waals surface area contributed by atoms with E-state index in [-0.39, 0.29) is 16.6 Å². The van der Waals surface area contributed by atoms with Crippen molar-refractivity contribution in [3.8, 4) is 16.3 Å². The molecule has 3 aromatic heterocycles. The summed E-state index contributed by atoms with van der Waals surface area (Å²) in [5.74, 6) is -1.42. The number of H-pyrrole nitrogens is 1. The highest BCUT2D eigenvalue weighted by atomic mass is 32.1. The molecule has 4 heterocycles. The van der Waals surface area contributed by atoms with Crippen LogP contribution in [-0.2, 0) is 4.74 Å². The Morgan fingerprint density at radius 3 is 2.82 bits per heavy atom. The number of carbonyl (C=O) groups excluding carboxylic acids is 2. The van der Waals surface area contributed by atoms with Gasteiger partial charge in [-0.2, -0.15) is 5.10 Å². The van der Waals surface area contributed by atoms with Gasteiger partial charge in [0.05, 0.1) is 41.1 Å². The zero-order chi connectivity index (χ0) is 26.5. The SMILES string of the molecule is O=C(Nc1ncc(-c2cc(OC(=O)NCCN3CCOCC3)c3cn[nH]c3n2)s1)Nc1ccc(F)cc1F. The van der Waals surface area contributed by atoms with E-state index in [1.165, 1.54) is 12.4 Å². The fourth-order valence-corrected chi connectivity index (χ4v) is 4.45. The number of nitrogens with one attached hydrogen (secondary N) is 4. The average Bonchev–Trinajstić information content (AvgIpc) is 3.56. The molecule has 4 aromatic rings. The van der Waals surface area contributed by atoms with Crippen molar-refractivity contribution in [2.24, 2.45) is 0 Å². The summed E-state index contributed by atoms with van der Waals surface area (Å²) in [5, 5.41) is 15.0. The minimum atomic E-state index is -0.908. The molecule has 0 bridgehead atoms. The van der Waals surface area contributed by atoms with Crippen LogP contribution in [0.4, 0.5) is 29.2 Å². The molecule has 4 N–H and O–H groups in total. The van der Waals surface area contributed by atoms with Gasteiger partial charge in [0.25, 0.3) is 0 Å². The molecule has 0 radical (unpaired) electrons. The van der Waals surface area contributed by atoms with Gasteiger partial charge in [-0.15, -0.1) is 0 Å². The molecule has 0 saturated carbocycles. The summed E-state index contributed by atoms with van der Waals surface area (Å²) in [4.78, 5) is 36.1. The van der Waals surface area contributed by atoms with Crippen LogP contribution < -0.4 is 20.7 Å². The Kier molecular flexibility index (Phi) is 7.67. The largest absolute Gasteiger partial charge is 0.412 e. The number of rotatable bonds is 7. The number of carbonyl (C=O) groups is 2. The van der Waals surface area contributed by atoms with E-state index >= 15 is 0 Å². The second-order valence-corrected chi connectivity index (χ2v) is 9.17. The number of amides is 3. The number of anilines is 2. The summed E-state index contributed by atoms with van der Waals surface area (Å²) in [6.07, 6.45) is 2.37. The molecule has 1 saturated heterocycles. The quantitative estimate of drug-likeness (QED) is 0.277. The van der Waals surface area contributed by atoms with Gasteiger partial charge >= 0.3 is 12.1 Å². The third-order valence-electron chi connectivity index (χ3n) is 5.55. The van der Waals surface area contributed by atoms with Gasteiger partial charge in [-0.1, -0.05) is 11.3 Å². The van der Waals surface area contributed by atoms with Crippen molar-refractivity contribution in [3.05, 3.63) is 48.3 Å². The summed E-state index contributed by atoms with van der Waals surface area (Å²) >= 11 is 1.09. The second-order valence-electron chi connectivity index (χ2n) is 8.14. The van der Waals surface area contributed by atoms with Crippen LogP contribution in [0.2, 0.25) is 0 Å². The number of nitrogens with zero attached hydrogens (tertiary/aromatic N) is 4. The summed E-state index contributed by atoms with van der Waals surface area (Å²) in [5.41, 5.74) is 0.636. The van der Waals surface area contributed by atoms with Gasteiger partial charge in [0.15, 0.2) is 10.8 Å². The fraction of sp³-hybridized carbons (Fsp3) is 0.261. The van der Waals surface area contributed by atoms with Gasteiger partial charge in [0.1, 0.15) is 17.4 Å². The lowest BCUT2D eigenvalue weighted by molar-refractivity contribution is 0.0385. The van der Waals surface area contributed by atoms with E-state index in [4.69, 9.17) is 9.47 Å². The number of urea groups is 1. The molecule has 0 aliphatic carbocycles. The molecule has 1 fully saturated rings. The second kappa shape index (κ2) is 11.5. The average molecular weight is 545 g/mol. The van der Waals surface area contributed by atoms with Gasteiger partial charge < -0.3 is 20.1 Å². The Morgan fingerprint density at radius 1 is 1.16 bits per heavy atom. The lowest BCUT2D eigenvalue weighted by atomic mass is 10.2. The summed E-state index contributed by atoms with van der Waals surface area (Å²) < 4.78 is 37.7. The first-order valence-electron chi connectivity index (χ1n) is 11.5. The number of ether oxygens (including phenoxy) is 2. The maximum Gasteiger partial charge on any atom is 0.412 e. The number of pyridine rings is 1. The van der Waals surface area contributed by atoms with Crippen LogP contribution in [0.3, 0.4) is 0 Å². The fourth-order valence-electron chi connectivity index (χ4n) is 3.68. The van der Waals surface area contributed by atoms with Crippen molar-refractivity contribution in [2.45, 2.75) is 0 Å². The van der Waals surface area contributed by atoms with Crippen LogP contribution in [0.5, 0.6) is 5.75 Å². The molecule has 5 rings (SSSR count). The summed E-state index contributed by atoms with van der Waals surface area (Å²) in [6.45, 7) is 4.08. The minimum absolute atomic E-state index is 0.183. The van der Waals surface area contributed by atoms with Crippen LogP contribution in [0.15, 0.2) is 36.7 Å². The number of aromatic amines is 1. The highest BCUT2D eigenvalue weighted by Crippen LogP contribution is 2.33. The van der Waals surface area contributed by atoms with Gasteiger partial charge in [-0.05, 0) is 12.1 Å². The Hall–Kier alpha value is -4.21. The van der Waals surface area contributed by atoms with Crippen molar-refractivity contribution < 1.29 is 27.8 Å². The Morgan fingerprint density at radius 2 is 2.00 bits per heavy atom. The van der Waals surface area contributed by atoms with Crippen molar-refractivity contribution in [1.82, 2.24) is 30.4 Å². The molecule has 198 valence electrons. The monoisotopic (exact) mass is 544 g/mol. The van der Waals surface area contributed by atoms with Crippen molar-refractivity contribution in [2.75, 3.05) is 50.0 Å². The van der Waals surface area contributed by atoms with Crippen LogP contribution in [0.1, 0.15) is 0 Å². The van der Waals surface area contributed by atoms with Crippen LogP contribution >= 0.6 is 11.3 Å². The first-order valence-corrected chi connectivity index (χ1v) is 12.4. The number of fused-ring (bicyclic) bond motifs is 1. The molecule has 15 heteroatoms. The van der Waals surface area contributed by atoms with Gasteiger partial charge in [0, 0.05) is 44.5 Å². The van der Waals surface area contributed by atoms with Crippen molar-refractivity contribution >= 4 is 45.3 Å². The molecule has 3 amide bonds. The van der Waals surface area contributed by atoms with Crippen LogP contribution in [0.25, 0.3) is 21.6 Å². The minimum Gasteiger partial charge on any atom is -0.409 e. The molecule has 12 nitrogen and oxygen atoms in total. The number of hydrogen-bond donors (Lipinski definition) is 4. The third kappa shape index (κ3) is 6.19. The lowest BCUT2D eigenvalue weighted by Crippen LogP contribution is -2.41. The normalized spacial score (nSPS) is 13.8. The highest BCUT2D eigenvalue weighted by molar-refractivity contribution is 7.19. The Labute approximate surface area is 218 Å². The molecular weight excluding hydrogens is 522 g/mol. The van der Waals surface area contributed by atoms with Crippen molar-refractivity contribution in [1.29, 1.82) is 0 Å². The van der Waals surface area contributed by atoms with Gasteiger partial charge in [0.2, 0.25) is 0 Å². The lowest BCUT2D eigenvalue weighted by Gasteiger charge is -2.26. The van der Waals surface area contributed by atoms with E-state index < -0.39 is 23.8 Å². The molecule has 1 aliphatic heterocycles. The Balaban J connectivity index is 1.24. The first kappa shape index (κ1) is 25.4. The van der Waals surface area contributed by atoms with Crippen molar-refractivity contribution in [3.63, 3.8) is 0 Å². The molecule has 0 spiro atoms. The molecular formula is C23H22F2N8O4S. The van der Waals surface area contributed by atoms with Gasteiger partial charge in [-0.3, -0.25) is 15.3 Å². The number of morpholine rings is 1. The Bertz CT molecular complexity index is 1460. The van der Waals surface area contributed by atoms with E-state index in [0.717, 1.165) is 36.6 Å². The molecule has 1 aromatic carbocycles. The predicted molar refractivity (Wildman–Crippen MR) is 135 cm³/mol. The summed E-state index contributed by atoms with van der Waals surface area (Å²) in [6, 6.07) is 3.62. The first-order chi connectivity index (χ1) is 18.4. The maximum absolute atomic E-state index is 13.8. The van der Waals surface area contributed by atoms with E-state index in [1.807, 2.05) is 0 Å². The standard InChI is InChI=1S/C23H22F2N8O4S/c24-13-1-2-16(15(25)9-13)30-21(34)31-22-27-12-19(38-22)17-10-18(14-11-28-32-20(14)29-17)37-23(35)26-3-4-33-5-7-36-8-6-33/h1-2,9-12H,3-8H2,(H,26,35)(H,28,29,32)(H2,27,30,31,34). The molecule has 0 atom stereocenters. The van der Waals surface area contributed by atoms with E-state index in [0.29, 0.717) is 54.0 Å². The number of halogens is 2. The van der Waals surface area contributed by atoms with Crippen LogP contribution in [-0.4, -0.2) is 76.6 Å². The zero-order valence-electron chi connectivity index (χ0n) is 19.8. The zero-order valence-corrected chi connectivity index (χ0v) is 20.6. The number of aromatic nitrogens is 4. The smallest absolute Gasteiger partial charge is 0.409 e. The molecule has 0 unspecified atom stereocenters. The van der Waals surface area contributed by atoms with E-state index in [2.05, 4.69) is 41.0 Å². The summed E-state index contributed by atoms with van der Waals surface area (Å²) in [7, 11) is 0. The third-order valence-corrected chi connectivity index (χ3v) is 6.48. The number of thiazole rings is 1. The number of hydrogen-bond acceptors (Lipinski definition) is 9. The van der Waals surface area contributed by atoms with Gasteiger partial charge in [-0.25, -0.2) is 28.3 Å². The number of benzene rings is 1. The topological polar surface area (TPSA) is 146 Å². The molecule has 38 heavy (non-hydrogen) atoms. The highest BCUT2D eigenvalue weighted by Gasteiger charge is 2.17. The van der Waals surface area contributed by atoms with E-state index in [1.54, 1.807) is 6.07 Å². The maximum atomic E-state index is 13.8. The van der Waals surface area contributed by atoms with E-state index in [9.17, 15) is 18.4 Å².